The number of ether oxygens (including phenoxy) is 1. The first-order chi connectivity index (χ1) is 12.9. The fraction of sp³-hybridized carbons (Fsp3) is 0.300. The third-order valence-corrected chi connectivity index (χ3v) is 5.45. The molecule has 0 spiro atoms. The molecule has 1 unspecified atom stereocenters. The number of nitrogens with one attached hydrogen (secondary N) is 1. The van der Waals surface area contributed by atoms with Gasteiger partial charge in [0, 0.05) is 30.6 Å². The number of carbonyl (C=O) groups is 2. The van der Waals surface area contributed by atoms with E-state index in [1.165, 1.54) is 11.0 Å². The molecule has 144 valence electrons. The number of para-hydroxylation sites is 1. The minimum Gasteiger partial charge on any atom is -0.483 e. The number of likely N-dealkylation sites (N-methyl/N-ethyl adjacent to an activating group) is 1. The van der Waals surface area contributed by atoms with Crippen LogP contribution < -0.4 is 10.1 Å². The number of hydrogen-bond acceptors (Lipinski definition) is 4. The third-order valence-electron chi connectivity index (χ3n) is 3.86. The fourth-order valence-electron chi connectivity index (χ4n) is 2.36. The average Bonchev–Trinajstić information content (AvgIpc) is 3.08. The van der Waals surface area contributed by atoms with Gasteiger partial charge in [-0.2, -0.15) is 0 Å². The van der Waals surface area contributed by atoms with Crippen molar-refractivity contribution in [1.29, 1.82) is 0 Å². The lowest BCUT2D eigenvalue weighted by Gasteiger charge is -2.20. The number of benzene rings is 1. The van der Waals surface area contributed by atoms with Crippen LogP contribution in [0, 0.1) is 0 Å². The molecule has 1 aromatic heterocycles. The molecule has 2 amide bonds. The molecule has 0 radical (unpaired) electrons. The van der Waals surface area contributed by atoms with Crippen molar-refractivity contribution < 1.29 is 14.3 Å². The molecule has 0 saturated heterocycles. The van der Waals surface area contributed by atoms with Gasteiger partial charge in [-0.05, 0) is 46.6 Å². The molecule has 0 saturated carbocycles. The standard InChI is InChI=1S/C20H23BrN2O3S/c1-4-16(22-19(24)12-10-14-9-11-18(21)27-14)15-7-5-6-8-17(15)26-13-20(25)23(2)3/h5-12,16H,4,13H2,1-3H3,(H,22,24). The van der Waals surface area contributed by atoms with E-state index in [9.17, 15) is 9.59 Å². The Morgan fingerprint density at radius 1 is 1.26 bits per heavy atom. The van der Waals surface area contributed by atoms with Crippen molar-refractivity contribution in [1.82, 2.24) is 10.2 Å². The maximum Gasteiger partial charge on any atom is 0.259 e. The van der Waals surface area contributed by atoms with E-state index in [1.807, 2.05) is 43.3 Å². The van der Waals surface area contributed by atoms with Crippen LogP contribution in [0.25, 0.3) is 6.08 Å². The summed E-state index contributed by atoms with van der Waals surface area (Å²) >= 11 is 4.96. The van der Waals surface area contributed by atoms with Gasteiger partial charge in [0.05, 0.1) is 9.83 Å². The van der Waals surface area contributed by atoms with E-state index in [2.05, 4.69) is 21.2 Å². The summed E-state index contributed by atoms with van der Waals surface area (Å²) in [5.41, 5.74) is 0.854. The van der Waals surface area contributed by atoms with E-state index in [0.717, 1.165) is 14.2 Å². The Bertz CT molecular complexity index is 817. The predicted molar refractivity (Wildman–Crippen MR) is 113 cm³/mol. The monoisotopic (exact) mass is 450 g/mol. The lowest BCUT2D eigenvalue weighted by molar-refractivity contribution is -0.130. The third kappa shape index (κ3) is 6.52. The summed E-state index contributed by atoms with van der Waals surface area (Å²) in [6.45, 7) is 1.95. The predicted octanol–water partition coefficient (Wildman–Crippen LogP) is 4.26. The Labute approximate surface area is 172 Å². The number of halogens is 1. The highest BCUT2D eigenvalue weighted by atomic mass is 79.9. The van der Waals surface area contributed by atoms with Crippen molar-refractivity contribution in [2.24, 2.45) is 0 Å². The van der Waals surface area contributed by atoms with Crippen LogP contribution in [0.4, 0.5) is 0 Å². The normalized spacial score (nSPS) is 12.0. The minimum absolute atomic E-state index is 0.0401. The molecule has 1 atom stereocenters. The van der Waals surface area contributed by atoms with Gasteiger partial charge in [0.15, 0.2) is 6.61 Å². The Hall–Kier alpha value is -2.12. The van der Waals surface area contributed by atoms with Crippen molar-refractivity contribution in [3.05, 3.63) is 56.7 Å². The molecule has 7 heteroatoms. The highest BCUT2D eigenvalue weighted by Gasteiger charge is 2.17. The SMILES string of the molecule is CCC(NC(=O)C=Cc1ccc(Br)s1)c1ccccc1OCC(=O)N(C)C. The van der Waals surface area contributed by atoms with Crippen molar-refractivity contribution >= 4 is 45.2 Å². The summed E-state index contributed by atoms with van der Waals surface area (Å²) in [5.74, 6) is 0.309. The van der Waals surface area contributed by atoms with Gasteiger partial charge in [0.1, 0.15) is 5.75 Å². The maximum atomic E-state index is 12.3. The summed E-state index contributed by atoms with van der Waals surface area (Å²) in [4.78, 5) is 26.6. The molecule has 0 aliphatic heterocycles. The highest BCUT2D eigenvalue weighted by molar-refractivity contribution is 9.11. The molecule has 1 heterocycles. The Balaban J connectivity index is 2.06. The first-order valence-electron chi connectivity index (χ1n) is 8.56. The summed E-state index contributed by atoms with van der Waals surface area (Å²) in [5, 5.41) is 3.00. The number of nitrogens with zero attached hydrogens (tertiary/aromatic N) is 1. The Kier molecular flexibility index (Phi) is 8.06. The van der Waals surface area contributed by atoms with Crippen LogP contribution in [0.15, 0.2) is 46.3 Å². The van der Waals surface area contributed by atoms with Gasteiger partial charge >= 0.3 is 0 Å². The van der Waals surface area contributed by atoms with Crippen LogP contribution in [0.3, 0.4) is 0 Å². The van der Waals surface area contributed by atoms with Crippen LogP contribution in [-0.2, 0) is 9.59 Å². The molecule has 2 aromatic rings. The molecule has 2 rings (SSSR count). The molecule has 27 heavy (non-hydrogen) atoms. The minimum atomic E-state index is -0.206. The van der Waals surface area contributed by atoms with E-state index in [4.69, 9.17) is 4.74 Å². The smallest absolute Gasteiger partial charge is 0.259 e. The molecule has 5 nitrogen and oxygen atoms in total. The summed E-state index contributed by atoms with van der Waals surface area (Å²) < 4.78 is 6.71. The largest absolute Gasteiger partial charge is 0.483 e. The van der Waals surface area contributed by atoms with Gasteiger partial charge in [0.2, 0.25) is 5.91 Å². The fourth-order valence-corrected chi connectivity index (χ4v) is 3.69. The van der Waals surface area contributed by atoms with Gasteiger partial charge in [-0.1, -0.05) is 25.1 Å². The van der Waals surface area contributed by atoms with E-state index < -0.39 is 0 Å². The van der Waals surface area contributed by atoms with Crippen LogP contribution in [-0.4, -0.2) is 37.4 Å². The molecule has 0 aliphatic rings. The van der Waals surface area contributed by atoms with E-state index >= 15 is 0 Å². The lowest BCUT2D eigenvalue weighted by Crippen LogP contribution is -2.29. The van der Waals surface area contributed by atoms with Crippen molar-refractivity contribution in [3.8, 4) is 5.75 Å². The number of amides is 2. The van der Waals surface area contributed by atoms with Gasteiger partial charge in [0.25, 0.3) is 5.91 Å². The zero-order valence-electron chi connectivity index (χ0n) is 15.6. The van der Waals surface area contributed by atoms with Gasteiger partial charge in [-0.3, -0.25) is 9.59 Å². The van der Waals surface area contributed by atoms with Crippen molar-refractivity contribution in [3.63, 3.8) is 0 Å². The van der Waals surface area contributed by atoms with Crippen LogP contribution in [0.5, 0.6) is 5.75 Å². The molecular formula is C20H23BrN2O3S. The average molecular weight is 451 g/mol. The second-order valence-corrected chi connectivity index (χ2v) is 8.55. The zero-order chi connectivity index (χ0) is 19.8. The summed E-state index contributed by atoms with van der Waals surface area (Å²) in [6, 6.07) is 11.1. The number of thiophene rings is 1. The zero-order valence-corrected chi connectivity index (χ0v) is 18.0. The quantitative estimate of drug-likeness (QED) is 0.611. The topological polar surface area (TPSA) is 58.6 Å². The molecule has 0 bridgehead atoms. The molecular weight excluding hydrogens is 428 g/mol. The Morgan fingerprint density at radius 2 is 2.00 bits per heavy atom. The molecule has 1 aromatic carbocycles. The van der Waals surface area contributed by atoms with E-state index in [0.29, 0.717) is 12.2 Å². The Morgan fingerprint density at radius 3 is 2.63 bits per heavy atom. The van der Waals surface area contributed by atoms with Crippen LogP contribution in [0.2, 0.25) is 0 Å². The van der Waals surface area contributed by atoms with Crippen molar-refractivity contribution in [2.45, 2.75) is 19.4 Å². The molecule has 1 N–H and O–H groups in total. The second-order valence-electron chi connectivity index (χ2n) is 6.06. The van der Waals surface area contributed by atoms with Gasteiger partial charge in [-0.25, -0.2) is 0 Å². The van der Waals surface area contributed by atoms with Gasteiger partial charge < -0.3 is 15.0 Å². The maximum absolute atomic E-state index is 12.3. The number of hydrogen-bond donors (Lipinski definition) is 1. The van der Waals surface area contributed by atoms with E-state index in [-0.39, 0.29) is 24.5 Å². The first-order valence-corrected chi connectivity index (χ1v) is 10.2. The second kappa shape index (κ2) is 10.3. The van der Waals surface area contributed by atoms with Gasteiger partial charge in [-0.15, -0.1) is 11.3 Å². The highest BCUT2D eigenvalue weighted by Crippen LogP contribution is 2.27. The van der Waals surface area contributed by atoms with Crippen molar-refractivity contribution in [2.75, 3.05) is 20.7 Å². The molecule has 0 fully saturated rings. The van der Waals surface area contributed by atoms with Crippen LogP contribution in [0.1, 0.15) is 29.8 Å². The van der Waals surface area contributed by atoms with E-state index in [1.54, 1.807) is 31.5 Å². The first kappa shape index (κ1) is 21.2. The van der Waals surface area contributed by atoms with Crippen LogP contribution >= 0.6 is 27.3 Å². The summed E-state index contributed by atoms with van der Waals surface area (Å²) in [7, 11) is 3.37. The number of carbonyl (C=O) groups excluding carboxylic acids is 2. The molecule has 0 aliphatic carbocycles. The lowest BCUT2D eigenvalue weighted by atomic mass is 10.0. The summed E-state index contributed by atoms with van der Waals surface area (Å²) in [6.07, 6.45) is 4.02. The number of rotatable bonds is 8.